The average molecular weight is 418 g/mol. The molecular formula is C17H13Cl2N7O2. The minimum atomic E-state index is -0.822. The highest BCUT2D eigenvalue weighted by Crippen LogP contribution is 2.17. The van der Waals surface area contributed by atoms with Crippen LogP contribution in [0.3, 0.4) is 0 Å². The number of benzene rings is 1. The number of nitrogens with zero attached hydrogens (tertiary/aromatic N) is 7. The lowest BCUT2D eigenvalue weighted by Gasteiger charge is -2.09. The number of aliphatic hydroxyl groups is 1. The van der Waals surface area contributed by atoms with Gasteiger partial charge in [0.2, 0.25) is 0 Å². The van der Waals surface area contributed by atoms with E-state index >= 15 is 0 Å². The molecule has 0 aliphatic heterocycles. The third-order valence-electron chi connectivity index (χ3n) is 4.04. The zero-order chi connectivity index (χ0) is 19.7. The van der Waals surface area contributed by atoms with Gasteiger partial charge in [-0.3, -0.25) is 9.36 Å². The van der Waals surface area contributed by atoms with Crippen molar-refractivity contribution in [3.8, 4) is 0 Å². The third-order valence-corrected chi connectivity index (χ3v) is 4.50. The molecule has 28 heavy (non-hydrogen) atoms. The average Bonchev–Trinajstić information content (AvgIpc) is 3.12. The van der Waals surface area contributed by atoms with Crippen molar-refractivity contribution >= 4 is 34.2 Å². The first kappa shape index (κ1) is 18.5. The standard InChI is InChI=1S/C17H13Cl2N7O2/c18-11-3-1-10(2-4-11)14(27)7-26-23-15(22-24-26)8-25-9-21-16-13(17(25)28)5-12(19)6-20-16/h1-6,9,14,27H,7-8H2. The molecule has 0 fully saturated rings. The van der Waals surface area contributed by atoms with Gasteiger partial charge in [0.05, 0.1) is 23.5 Å². The molecule has 4 aromatic rings. The summed E-state index contributed by atoms with van der Waals surface area (Å²) in [5.41, 5.74) is 0.688. The Morgan fingerprint density at radius 2 is 1.89 bits per heavy atom. The molecule has 0 radical (unpaired) electrons. The molecule has 0 spiro atoms. The summed E-state index contributed by atoms with van der Waals surface area (Å²) in [5, 5.41) is 23.6. The largest absolute Gasteiger partial charge is 0.386 e. The summed E-state index contributed by atoms with van der Waals surface area (Å²) in [4.78, 5) is 22.0. The molecule has 0 bridgehead atoms. The number of aliphatic hydroxyl groups excluding tert-OH is 1. The maximum atomic E-state index is 12.6. The molecule has 1 aromatic carbocycles. The fourth-order valence-electron chi connectivity index (χ4n) is 2.65. The van der Waals surface area contributed by atoms with Crippen LogP contribution in [0.5, 0.6) is 0 Å². The van der Waals surface area contributed by atoms with Crippen molar-refractivity contribution in [2.24, 2.45) is 0 Å². The highest BCUT2D eigenvalue weighted by atomic mass is 35.5. The number of tetrazole rings is 1. The molecule has 1 N–H and O–H groups in total. The predicted molar refractivity (Wildman–Crippen MR) is 102 cm³/mol. The highest BCUT2D eigenvalue weighted by Gasteiger charge is 2.13. The Morgan fingerprint density at radius 3 is 2.68 bits per heavy atom. The van der Waals surface area contributed by atoms with Crippen molar-refractivity contribution in [3.63, 3.8) is 0 Å². The van der Waals surface area contributed by atoms with Crippen LogP contribution in [0, 0.1) is 0 Å². The van der Waals surface area contributed by atoms with E-state index in [1.54, 1.807) is 24.3 Å². The normalized spacial score (nSPS) is 12.4. The molecule has 4 rings (SSSR count). The zero-order valence-electron chi connectivity index (χ0n) is 14.3. The van der Waals surface area contributed by atoms with E-state index in [1.165, 1.54) is 28.0 Å². The zero-order valence-corrected chi connectivity index (χ0v) is 15.8. The number of aromatic nitrogens is 7. The summed E-state index contributed by atoms with van der Waals surface area (Å²) < 4.78 is 1.34. The van der Waals surface area contributed by atoms with E-state index in [0.29, 0.717) is 32.5 Å². The Bertz CT molecular complexity index is 1190. The molecule has 142 valence electrons. The van der Waals surface area contributed by atoms with Crippen LogP contribution in [0.1, 0.15) is 17.5 Å². The number of rotatable bonds is 5. The number of hydrogen-bond acceptors (Lipinski definition) is 7. The van der Waals surface area contributed by atoms with Crippen molar-refractivity contribution < 1.29 is 5.11 Å². The van der Waals surface area contributed by atoms with Crippen LogP contribution < -0.4 is 5.56 Å². The van der Waals surface area contributed by atoms with Gasteiger partial charge in [-0.05, 0) is 29.0 Å². The van der Waals surface area contributed by atoms with Crippen LogP contribution in [0.4, 0.5) is 0 Å². The highest BCUT2D eigenvalue weighted by molar-refractivity contribution is 6.31. The lowest BCUT2D eigenvalue weighted by molar-refractivity contribution is 0.144. The Kier molecular flexibility index (Phi) is 5.03. The minimum Gasteiger partial charge on any atom is -0.386 e. The van der Waals surface area contributed by atoms with Crippen molar-refractivity contribution in [1.82, 2.24) is 34.7 Å². The van der Waals surface area contributed by atoms with Gasteiger partial charge in [-0.1, -0.05) is 35.3 Å². The summed E-state index contributed by atoms with van der Waals surface area (Å²) in [7, 11) is 0. The van der Waals surface area contributed by atoms with Gasteiger partial charge in [0, 0.05) is 11.2 Å². The van der Waals surface area contributed by atoms with Gasteiger partial charge in [0.25, 0.3) is 5.56 Å². The SMILES string of the molecule is O=c1c2cc(Cl)cnc2ncn1Cc1nnn(CC(O)c2ccc(Cl)cc2)n1. The molecule has 11 heteroatoms. The van der Waals surface area contributed by atoms with Crippen LogP contribution >= 0.6 is 23.2 Å². The summed E-state index contributed by atoms with van der Waals surface area (Å²) in [6.45, 7) is 0.185. The Balaban J connectivity index is 1.52. The molecule has 9 nitrogen and oxygen atoms in total. The van der Waals surface area contributed by atoms with Crippen LogP contribution in [0.25, 0.3) is 11.0 Å². The molecule has 3 heterocycles. The second kappa shape index (κ2) is 7.63. The number of hydrogen-bond donors (Lipinski definition) is 1. The molecule has 0 aliphatic carbocycles. The van der Waals surface area contributed by atoms with E-state index in [1.807, 2.05) is 0 Å². The molecule has 0 amide bonds. The van der Waals surface area contributed by atoms with Crippen LogP contribution in [0.15, 0.2) is 47.7 Å². The number of fused-ring (bicyclic) bond motifs is 1. The Morgan fingerprint density at radius 1 is 1.11 bits per heavy atom. The van der Waals surface area contributed by atoms with Gasteiger partial charge in [-0.2, -0.15) is 4.80 Å². The monoisotopic (exact) mass is 417 g/mol. The van der Waals surface area contributed by atoms with Crippen LogP contribution in [-0.2, 0) is 13.1 Å². The first-order valence-electron chi connectivity index (χ1n) is 8.20. The first-order valence-corrected chi connectivity index (χ1v) is 8.96. The predicted octanol–water partition coefficient (Wildman–Crippen LogP) is 1.87. The second-order valence-electron chi connectivity index (χ2n) is 6.03. The molecule has 1 unspecified atom stereocenters. The molecule has 0 saturated heterocycles. The molecule has 0 saturated carbocycles. The molecule has 1 atom stereocenters. The maximum absolute atomic E-state index is 12.6. The van der Waals surface area contributed by atoms with Gasteiger partial charge in [-0.25, -0.2) is 9.97 Å². The van der Waals surface area contributed by atoms with Crippen molar-refractivity contribution in [2.75, 3.05) is 0 Å². The summed E-state index contributed by atoms with van der Waals surface area (Å²) >= 11 is 11.8. The molecular weight excluding hydrogens is 405 g/mol. The molecule has 0 aliphatic rings. The number of pyridine rings is 1. The Hall–Kier alpha value is -2.88. The minimum absolute atomic E-state index is 0.0747. The van der Waals surface area contributed by atoms with Gasteiger partial charge >= 0.3 is 0 Å². The van der Waals surface area contributed by atoms with E-state index in [4.69, 9.17) is 23.2 Å². The lowest BCUT2D eigenvalue weighted by atomic mass is 10.1. The smallest absolute Gasteiger partial charge is 0.263 e. The van der Waals surface area contributed by atoms with Gasteiger partial charge in [-0.15, -0.1) is 10.2 Å². The van der Waals surface area contributed by atoms with Crippen LogP contribution in [0.2, 0.25) is 10.0 Å². The Labute approximate surface area is 168 Å². The van der Waals surface area contributed by atoms with E-state index in [-0.39, 0.29) is 18.6 Å². The molecule has 3 aromatic heterocycles. The fourth-order valence-corrected chi connectivity index (χ4v) is 2.93. The lowest BCUT2D eigenvalue weighted by Crippen LogP contribution is -2.22. The summed E-state index contributed by atoms with van der Waals surface area (Å²) in [5.74, 6) is 0.307. The second-order valence-corrected chi connectivity index (χ2v) is 6.90. The topological polar surface area (TPSA) is 112 Å². The van der Waals surface area contributed by atoms with Crippen molar-refractivity contribution in [2.45, 2.75) is 19.2 Å². The first-order chi connectivity index (χ1) is 13.5. The quantitative estimate of drug-likeness (QED) is 0.527. The van der Waals surface area contributed by atoms with E-state index in [0.717, 1.165) is 0 Å². The third kappa shape index (κ3) is 3.86. The summed E-state index contributed by atoms with van der Waals surface area (Å²) in [6, 6.07) is 8.36. The number of halogens is 2. The van der Waals surface area contributed by atoms with Crippen molar-refractivity contribution in [1.29, 1.82) is 0 Å². The summed E-state index contributed by atoms with van der Waals surface area (Å²) in [6.07, 6.45) is 1.98. The van der Waals surface area contributed by atoms with E-state index in [9.17, 15) is 9.90 Å². The fraction of sp³-hybridized carbons (Fsp3) is 0.176. The van der Waals surface area contributed by atoms with Gasteiger partial charge < -0.3 is 5.11 Å². The van der Waals surface area contributed by atoms with E-state index < -0.39 is 6.10 Å². The van der Waals surface area contributed by atoms with Gasteiger partial charge in [0.15, 0.2) is 11.5 Å². The van der Waals surface area contributed by atoms with Crippen LogP contribution in [-0.4, -0.2) is 39.8 Å². The van der Waals surface area contributed by atoms with Crippen molar-refractivity contribution in [3.05, 3.63) is 74.6 Å². The maximum Gasteiger partial charge on any atom is 0.263 e. The van der Waals surface area contributed by atoms with Gasteiger partial charge in [0.1, 0.15) is 12.4 Å². The van der Waals surface area contributed by atoms with E-state index in [2.05, 4.69) is 25.4 Å².